The fraction of sp³-hybridized carbons (Fsp3) is 0.250. The highest BCUT2D eigenvalue weighted by Gasteiger charge is 2.17. The number of hydrogen-bond acceptors (Lipinski definition) is 1. The van der Waals surface area contributed by atoms with Crippen LogP contribution >= 0.6 is 0 Å². The lowest BCUT2D eigenvalue weighted by atomic mass is 9.98. The van der Waals surface area contributed by atoms with Gasteiger partial charge in [-0.25, -0.2) is 0 Å². The maximum Gasteiger partial charge on any atom is 0.251 e. The first-order valence-electron chi connectivity index (χ1n) is 5.14. The first-order chi connectivity index (χ1) is 7.24. The minimum Gasteiger partial charge on any atom is -0.359 e. The number of carbonyl (C=O) groups is 1. The number of rotatable bonds is 0. The summed E-state index contributed by atoms with van der Waals surface area (Å²) in [5.74, 6) is 0.0467. The Hall–Kier alpha value is -1.77. The summed E-state index contributed by atoms with van der Waals surface area (Å²) < 4.78 is 0. The molecule has 76 valence electrons. The molecule has 0 fully saturated rings. The SMILES string of the molecule is Cc1cc2cc3c(cc2[nH]1)C(=O)NCC3. The minimum absolute atomic E-state index is 0.0467. The van der Waals surface area contributed by atoms with E-state index in [1.807, 2.05) is 13.0 Å². The lowest BCUT2D eigenvalue weighted by Gasteiger charge is -2.16. The van der Waals surface area contributed by atoms with E-state index < -0.39 is 0 Å². The molecule has 0 saturated heterocycles. The van der Waals surface area contributed by atoms with Crippen molar-refractivity contribution in [2.45, 2.75) is 13.3 Å². The number of aromatic nitrogens is 1. The molecule has 0 unspecified atom stereocenters. The van der Waals surface area contributed by atoms with Crippen molar-refractivity contribution in [3.05, 3.63) is 35.0 Å². The molecule has 3 nitrogen and oxygen atoms in total. The monoisotopic (exact) mass is 200 g/mol. The number of aryl methyl sites for hydroxylation is 1. The maximum atomic E-state index is 11.6. The Morgan fingerprint density at radius 3 is 3.00 bits per heavy atom. The topological polar surface area (TPSA) is 44.9 Å². The Bertz CT molecular complexity index is 554. The van der Waals surface area contributed by atoms with Crippen LogP contribution in [0.3, 0.4) is 0 Å². The van der Waals surface area contributed by atoms with Gasteiger partial charge in [0.15, 0.2) is 0 Å². The summed E-state index contributed by atoms with van der Waals surface area (Å²) in [6.45, 7) is 2.78. The number of fused-ring (bicyclic) bond motifs is 2. The third kappa shape index (κ3) is 1.23. The van der Waals surface area contributed by atoms with E-state index in [0.29, 0.717) is 0 Å². The largest absolute Gasteiger partial charge is 0.359 e. The smallest absolute Gasteiger partial charge is 0.251 e. The Morgan fingerprint density at radius 2 is 2.13 bits per heavy atom. The van der Waals surface area contributed by atoms with Gasteiger partial charge in [-0.3, -0.25) is 4.79 Å². The van der Waals surface area contributed by atoms with E-state index in [0.717, 1.165) is 35.3 Å². The van der Waals surface area contributed by atoms with Crippen molar-refractivity contribution < 1.29 is 4.79 Å². The Kier molecular flexibility index (Phi) is 1.63. The van der Waals surface area contributed by atoms with Gasteiger partial charge in [-0.05, 0) is 42.5 Å². The van der Waals surface area contributed by atoms with E-state index in [4.69, 9.17) is 0 Å². The average Bonchev–Trinajstić information content (AvgIpc) is 2.55. The van der Waals surface area contributed by atoms with Gasteiger partial charge in [0.1, 0.15) is 0 Å². The second kappa shape index (κ2) is 2.86. The van der Waals surface area contributed by atoms with Gasteiger partial charge in [0.05, 0.1) is 0 Å². The summed E-state index contributed by atoms with van der Waals surface area (Å²) in [5, 5.41) is 4.05. The molecule has 2 N–H and O–H groups in total. The van der Waals surface area contributed by atoms with Crippen LogP contribution in [0, 0.1) is 6.92 Å². The third-order valence-electron chi connectivity index (χ3n) is 2.90. The lowest BCUT2D eigenvalue weighted by molar-refractivity contribution is 0.0946. The Balaban J connectivity index is 2.31. The lowest BCUT2D eigenvalue weighted by Crippen LogP contribution is -2.31. The molecule has 1 amide bonds. The van der Waals surface area contributed by atoms with Crippen LogP contribution in [0.1, 0.15) is 21.6 Å². The van der Waals surface area contributed by atoms with Gasteiger partial charge in [-0.15, -0.1) is 0 Å². The van der Waals surface area contributed by atoms with Crippen molar-refractivity contribution in [3.8, 4) is 0 Å². The fourth-order valence-corrected chi connectivity index (χ4v) is 2.20. The molecule has 3 heteroatoms. The molecule has 1 aliphatic heterocycles. The van der Waals surface area contributed by atoms with Gasteiger partial charge in [0.25, 0.3) is 5.91 Å². The van der Waals surface area contributed by atoms with E-state index in [1.165, 1.54) is 5.39 Å². The summed E-state index contributed by atoms with van der Waals surface area (Å²) in [6.07, 6.45) is 0.932. The zero-order valence-corrected chi connectivity index (χ0v) is 8.55. The molecular weight excluding hydrogens is 188 g/mol. The molecule has 0 aliphatic carbocycles. The first-order valence-corrected chi connectivity index (χ1v) is 5.14. The molecule has 0 spiro atoms. The number of H-pyrrole nitrogens is 1. The number of nitrogens with one attached hydrogen (secondary N) is 2. The molecule has 0 bridgehead atoms. The second-order valence-corrected chi connectivity index (χ2v) is 4.05. The molecule has 1 aromatic heterocycles. The van der Waals surface area contributed by atoms with Crippen LogP contribution in [0.5, 0.6) is 0 Å². The van der Waals surface area contributed by atoms with Crippen LogP contribution in [0.15, 0.2) is 18.2 Å². The van der Waals surface area contributed by atoms with Crippen LogP contribution in [-0.4, -0.2) is 17.4 Å². The number of carbonyl (C=O) groups excluding carboxylic acids is 1. The average molecular weight is 200 g/mol. The Labute approximate surface area is 87.5 Å². The summed E-state index contributed by atoms with van der Waals surface area (Å²) in [5.41, 5.74) is 4.15. The van der Waals surface area contributed by atoms with Gasteiger partial charge in [-0.2, -0.15) is 0 Å². The highest BCUT2D eigenvalue weighted by atomic mass is 16.1. The summed E-state index contributed by atoms with van der Waals surface area (Å²) >= 11 is 0. The predicted octanol–water partition coefficient (Wildman–Crippen LogP) is 1.76. The molecule has 0 atom stereocenters. The van der Waals surface area contributed by atoms with Gasteiger partial charge >= 0.3 is 0 Å². The maximum absolute atomic E-state index is 11.6. The van der Waals surface area contributed by atoms with E-state index >= 15 is 0 Å². The number of aromatic amines is 1. The zero-order chi connectivity index (χ0) is 10.4. The van der Waals surface area contributed by atoms with Crippen molar-refractivity contribution in [1.29, 1.82) is 0 Å². The molecule has 3 rings (SSSR count). The normalized spacial score (nSPS) is 15.1. The van der Waals surface area contributed by atoms with Crippen molar-refractivity contribution >= 4 is 16.8 Å². The van der Waals surface area contributed by atoms with Crippen LogP contribution in [0.2, 0.25) is 0 Å². The highest BCUT2D eigenvalue weighted by Crippen LogP contribution is 2.22. The summed E-state index contributed by atoms with van der Waals surface area (Å²) in [4.78, 5) is 14.9. The molecule has 15 heavy (non-hydrogen) atoms. The number of benzene rings is 1. The molecular formula is C12H12N2O. The highest BCUT2D eigenvalue weighted by molar-refractivity contribution is 6.00. The van der Waals surface area contributed by atoms with Crippen molar-refractivity contribution in [2.75, 3.05) is 6.54 Å². The molecule has 0 saturated carbocycles. The van der Waals surface area contributed by atoms with Crippen molar-refractivity contribution in [3.63, 3.8) is 0 Å². The predicted molar refractivity (Wildman–Crippen MR) is 59.1 cm³/mol. The Morgan fingerprint density at radius 1 is 1.27 bits per heavy atom. The first kappa shape index (κ1) is 8.53. The van der Waals surface area contributed by atoms with Crippen LogP contribution in [-0.2, 0) is 6.42 Å². The molecule has 1 aromatic carbocycles. The van der Waals surface area contributed by atoms with Gasteiger partial charge in [-0.1, -0.05) is 0 Å². The van der Waals surface area contributed by atoms with E-state index in [9.17, 15) is 4.79 Å². The van der Waals surface area contributed by atoms with Gasteiger partial charge in [0, 0.05) is 23.3 Å². The summed E-state index contributed by atoms with van der Waals surface area (Å²) in [6, 6.07) is 6.18. The van der Waals surface area contributed by atoms with Crippen LogP contribution in [0.25, 0.3) is 10.9 Å². The number of hydrogen-bond donors (Lipinski definition) is 2. The van der Waals surface area contributed by atoms with Gasteiger partial charge in [0.2, 0.25) is 0 Å². The van der Waals surface area contributed by atoms with Crippen molar-refractivity contribution in [1.82, 2.24) is 10.3 Å². The number of amides is 1. The molecule has 1 aliphatic rings. The van der Waals surface area contributed by atoms with E-state index in [2.05, 4.69) is 22.4 Å². The zero-order valence-electron chi connectivity index (χ0n) is 8.55. The third-order valence-corrected chi connectivity index (χ3v) is 2.90. The van der Waals surface area contributed by atoms with Gasteiger partial charge < -0.3 is 10.3 Å². The van der Waals surface area contributed by atoms with E-state index in [1.54, 1.807) is 0 Å². The second-order valence-electron chi connectivity index (χ2n) is 4.05. The molecule has 0 radical (unpaired) electrons. The van der Waals surface area contributed by atoms with Crippen molar-refractivity contribution in [2.24, 2.45) is 0 Å². The summed E-state index contributed by atoms with van der Waals surface area (Å²) in [7, 11) is 0. The quantitative estimate of drug-likeness (QED) is 0.668. The van der Waals surface area contributed by atoms with Crippen LogP contribution in [0.4, 0.5) is 0 Å². The van der Waals surface area contributed by atoms with Crippen LogP contribution < -0.4 is 5.32 Å². The molecule has 2 aromatic rings. The minimum atomic E-state index is 0.0467. The standard InChI is InChI=1S/C12H12N2O/c1-7-4-9-5-8-2-3-13-12(15)10(8)6-11(9)14-7/h4-6,14H,2-3H2,1H3,(H,13,15). The molecule has 2 heterocycles. The fourth-order valence-electron chi connectivity index (χ4n) is 2.20. The van der Waals surface area contributed by atoms with E-state index in [-0.39, 0.29) is 5.91 Å².